The minimum absolute atomic E-state index is 0.568. The van der Waals surface area contributed by atoms with Crippen LogP contribution in [0.5, 0.6) is 11.6 Å². The predicted octanol–water partition coefficient (Wildman–Crippen LogP) is 2.85. The molecule has 4 heteroatoms. The summed E-state index contributed by atoms with van der Waals surface area (Å²) in [6.07, 6.45) is 1.68. The van der Waals surface area contributed by atoms with Crippen molar-refractivity contribution in [2.45, 2.75) is 0 Å². The summed E-state index contributed by atoms with van der Waals surface area (Å²) in [4.78, 5) is 8.60. The van der Waals surface area contributed by atoms with Crippen molar-refractivity contribution in [1.29, 1.82) is 0 Å². The highest BCUT2D eigenvalue weighted by Crippen LogP contribution is 2.25. The third-order valence-electron chi connectivity index (χ3n) is 2.38. The average molecular weight is 242 g/mol. The normalized spacial score (nSPS) is 10.6. The zero-order valence-electron chi connectivity index (χ0n) is 10.3. The second kappa shape index (κ2) is 5.82. The maximum atomic E-state index is 5.22. The van der Waals surface area contributed by atoms with E-state index in [0.29, 0.717) is 5.88 Å². The third kappa shape index (κ3) is 2.85. The molecule has 4 nitrogen and oxygen atoms in total. The Morgan fingerprint density at radius 2 is 1.83 bits per heavy atom. The number of aromatic nitrogens is 1. The van der Waals surface area contributed by atoms with Gasteiger partial charge in [0.1, 0.15) is 11.4 Å². The number of benzene rings is 1. The molecule has 1 aromatic carbocycles. The SMILES string of the molecule is COc1cccc(C=Nc2ccccc2OC)n1. The van der Waals surface area contributed by atoms with Crippen LogP contribution in [0.15, 0.2) is 47.5 Å². The number of nitrogens with zero attached hydrogens (tertiary/aromatic N) is 2. The van der Waals surface area contributed by atoms with E-state index in [9.17, 15) is 0 Å². The molecule has 0 bridgehead atoms. The lowest BCUT2D eigenvalue weighted by atomic mass is 10.3. The minimum atomic E-state index is 0.568. The Morgan fingerprint density at radius 3 is 2.61 bits per heavy atom. The number of ether oxygens (including phenoxy) is 2. The fourth-order valence-corrected chi connectivity index (χ4v) is 1.49. The zero-order chi connectivity index (χ0) is 12.8. The number of para-hydroxylation sites is 2. The first-order valence-electron chi connectivity index (χ1n) is 5.51. The fraction of sp³-hybridized carbons (Fsp3) is 0.143. The van der Waals surface area contributed by atoms with E-state index in [-0.39, 0.29) is 0 Å². The number of methoxy groups -OCH3 is 2. The molecule has 0 amide bonds. The molecule has 92 valence electrons. The maximum absolute atomic E-state index is 5.22. The number of hydrogen-bond donors (Lipinski definition) is 0. The van der Waals surface area contributed by atoms with Crippen molar-refractivity contribution in [3.8, 4) is 11.6 Å². The van der Waals surface area contributed by atoms with Crippen LogP contribution < -0.4 is 9.47 Å². The monoisotopic (exact) mass is 242 g/mol. The van der Waals surface area contributed by atoms with Gasteiger partial charge in [-0.15, -0.1) is 0 Å². The van der Waals surface area contributed by atoms with Gasteiger partial charge in [0.15, 0.2) is 0 Å². The van der Waals surface area contributed by atoms with Gasteiger partial charge in [0, 0.05) is 6.07 Å². The summed E-state index contributed by atoms with van der Waals surface area (Å²) in [5.74, 6) is 1.30. The molecule has 2 rings (SSSR count). The molecule has 0 fully saturated rings. The lowest BCUT2D eigenvalue weighted by Crippen LogP contribution is -1.91. The largest absolute Gasteiger partial charge is 0.494 e. The van der Waals surface area contributed by atoms with Gasteiger partial charge in [-0.3, -0.25) is 4.99 Å². The molecule has 18 heavy (non-hydrogen) atoms. The molecular formula is C14H14N2O2. The van der Waals surface area contributed by atoms with Crippen LogP contribution in [-0.2, 0) is 0 Å². The average Bonchev–Trinajstić information content (AvgIpc) is 2.45. The van der Waals surface area contributed by atoms with Gasteiger partial charge < -0.3 is 9.47 Å². The van der Waals surface area contributed by atoms with Gasteiger partial charge in [0.25, 0.3) is 0 Å². The van der Waals surface area contributed by atoms with E-state index in [1.54, 1.807) is 26.5 Å². The van der Waals surface area contributed by atoms with Gasteiger partial charge in [0.05, 0.1) is 26.1 Å². The first-order chi connectivity index (χ1) is 8.83. The van der Waals surface area contributed by atoms with Crippen molar-refractivity contribution in [3.63, 3.8) is 0 Å². The van der Waals surface area contributed by atoms with Crippen LogP contribution >= 0.6 is 0 Å². The fourth-order valence-electron chi connectivity index (χ4n) is 1.49. The van der Waals surface area contributed by atoms with E-state index in [2.05, 4.69) is 9.98 Å². The van der Waals surface area contributed by atoms with E-state index in [1.807, 2.05) is 36.4 Å². The van der Waals surface area contributed by atoms with Crippen LogP contribution in [-0.4, -0.2) is 25.4 Å². The van der Waals surface area contributed by atoms with Crippen LogP contribution in [0, 0.1) is 0 Å². The van der Waals surface area contributed by atoms with Crippen molar-refractivity contribution in [2.75, 3.05) is 14.2 Å². The molecule has 0 spiro atoms. The summed E-state index contributed by atoms with van der Waals surface area (Å²) in [5.41, 5.74) is 1.50. The molecule has 0 atom stereocenters. The van der Waals surface area contributed by atoms with E-state index < -0.39 is 0 Å². The lowest BCUT2D eigenvalue weighted by Gasteiger charge is -2.03. The molecule has 0 saturated carbocycles. The number of pyridine rings is 1. The molecule has 0 aliphatic carbocycles. The highest BCUT2D eigenvalue weighted by Gasteiger charge is 1.99. The molecule has 0 radical (unpaired) electrons. The topological polar surface area (TPSA) is 43.7 Å². The Kier molecular flexibility index (Phi) is 3.91. The molecule has 0 saturated heterocycles. The second-order valence-electron chi connectivity index (χ2n) is 3.53. The molecular weight excluding hydrogens is 228 g/mol. The Labute approximate surface area is 106 Å². The first kappa shape index (κ1) is 12.1. The van der Waals surface area contributed by atoms with E-state index in [1.165, 1.54) is 0 Å². The molecule has 2 aromatic rings. The summed E-state index contributed by atoms with van der Waals surface area (Å²) >= 11 is 0. The summed E-state index contributed by atoms with van der Waals surface area (Å²) < 4.78 is 10.3. The zero-order valence-corrected chi connectivity index (χ0v) is 10.3. The van der Waals surface area contributed by atoms with E-state index in [0.717, 1.165) is 17.1 Å². The number of hydrogen-bond acceptors (Lipinski definition) is 4. The Hall–Kier alpha value is -2.36. The molecule has 1 aromatic heterocycles. The molecule has 0 aliphatic heterocycles. The summed E-state index contributed by atoms with van der Waals surface area (Å²) in [5, 5.41) is 0. The number of rotatable bonds is 4. The van der Waals surface area contributed by atoms with Crippen LogP contribution in [0.2, 0.25) is 0 Å². The minimum Gasteiger partial charge on any atom is -0.494 e. The Morgan fingerprint density at radius 1 is 1.00 bits per heavy atom. The van der Waals surface area contributed by atoms with Crippen molar-refractivity contribution >= 4 is 11.9 Å². The van der Waals surface area contributed by atoms with Crippen molar-refractivity contribution in [2.24, 2.45) is 4.99 Å². The van der Waals surface area contributed by atoms with Crippen LogP contribution in [0.4, 0.5) is 5.69 Å². The van der Waals surface area contributed by atoms with E-state index >= 15 is 0 Å². The summed E-state index contributed by atoms with van der Waals surface area (Å²) in [6.45, 7) is 0. The molecule has 0 aliphatic rings. The molecule has 0 unspecified atom stereocenters. The van der Waals surface area contributed by atoms with Crippen molar-refractivity contribution in [3.05, 3.63) is 48.2 Å². The standard InChI is InChI=1S/C14H14N2O2/c1-17-13-8-4-3-7-12(13)15-10-11-6-5-9-14(16-11)18-2/h3-10H,1-2H3. The van der Waals surface area contributed by atoms with Gasteiger partial charge in [-0.05, 0) is 18.2 Å². The van der Waals surface area contributed by atoms with Crippen molar-refractivity contribution in [1.82, 2.24) is 4.98 Å². The second-order valence-corrected chi connectivity index (χ2v) is 3.53. The van der Waals surface area contributed by atoms with Crippen LogP contribution in [0.3, 0.4) is 0 Å². The van der Waals surface area contributed by atoms with Gasteiger partial charge in [0.2, 0.25) is 5.88 Å². The predicted molar refractivity (Wildman–Crippen MR) is 71.0 cm³/mol. The van der Waals surface area contributed by atoms with Gasteiger partial charge in [-0.1, -0.05) is 18.2 Å². The highest BCUT2D eigenvalue weighted by molar-refractivity contribution is 5.80. The Bertz CT molecular complexity index is 553. The molecule has 0 N–H and O–H groups in total. The van der Waals surface area contributed by atoms with Crippen molar-refractivity contribution < 1.29 is 9.47 Å². The van der Waals surface area contributed by atoms with Crippen LogP contribution in [0.1, 0.15) is 5.69 Å². The van der Waals surface area contributed by atoms with Gasteiger partial charge in [-0.2, -0.15) is 0 Å². The third-order valence-corrected chi connectivity index (χ3v) is 2.38. The van der Waals surface area contributed by atoms with Crippen LogP contribution in [0.25, 0.3) is 0 Å². The van der Waals surface area contributed by atoms with Gasteiger partial charge >= 0.3 is 0 Å². The Balaban J connectivity index is 2.24. The van der Waals surface area contributed by atoms with E-state index in [4.69, 9.17) is 9.47 Å². The smallest absolute Gasteiger partial charge is 0.213 e. The molecule has 1 heterocycles. The van der Waals surface area contributed by atoms with Gasteiger partial charge in [-0.25, -0.2) is 4.98 Å². The quantitative estimate of drug-likeness (QED) is 0.774. The first-order valence-corrected chi connectivity index (χ1v) is 5.51. The summed E-state index contributed by atoms with van der Waals surface area (Å²) in [6, 6.07) is 13.1. The summed E-state index contributed by atoms with van der Waals surface area (Å²) in [7, 11) is 3.21. The lowest BCUT2D eigenvalue weighted by molar-refractivity contribution is 0.397. The number of aliphatic imine (C=N–C) groups is 1. The maximum Gasteiger partial charge on any atom is 0.213 e. The highest BCUT2D eigenvalue weighted by atomic mass is 16.5.